The van der Waals surface area contributed by atoms with Crippen LogP contribution in [0.3, 0.4) is 0 Å². The average molecular weight is 522 g/mol. The Labute approximate surface area is 221 Å². The fourth-order valence-electron chi connectivity index (χ4n) is 4.31. The zero-order chi connectivity index (χ0) is 27.2. The van der Waals surface area contributed by atoms with Crippen LogP contribution < -0.4 is 16.4 Å². The molecule has 0 fully saturated rings. The van der Waals surface area contributed by atoms with Crippen molar-refractivity contribution in [2.45, 2.75) is 39.9 Å². The Hall–Kier alpha value is -3.96. The van der Waals surface area contributed by atoms with Gasteiger partial charge in [0.2, 0.25) is 11.8 Å². The van der Waals surface area contributed by atoms with Crippen molar-refractivity contribution in [3.05, 3.63) is 69.7 Å². The lowest BCUT2D eigenvalue weighted by molar-refractivity contribution is -0.151. The van der Waals surface area contributed by atoms with E-state index in [0.717, 1.165) is 5.56 Å². The molecule has 0 spiro atoms. The standard InChI is InChI=1S/C27H35N7O4/c1-18(2)28-11-12-33(17-25(36)32(4)34-15-21-7-5-6-8-22(21)16-34)24(35)14-29-23-13-20(10-9-19(23)3)26-30-31-27(37)38-26/h5-10,13,18,28-29H,11-12,14-17H2,1-4H3,(H,31,37). The molecule has 38 heavy (non-hydrogen) atoms. The number of rotatable bonds is 11. The van der Waals surface area contributed by atoms with Crippen molar-refractivity contribution in [1.29, 1.82) is 0 Å². The maximum atomic E-state index is 13.3. The Bertz CT molecular complexity index is 1310. The molecule has 2 amide bonds. The minimum absolute atomic E-state index is 0.00261. The zero-order valence-corrected chi connectivity index (χ0v) is 22.3. The van der Waals surface area contributed by atoms with Gasteiger partial charge in [-0.25, -0.2) is 14.9 Å². The van der Waals surface area contributed by atoms with Gasteiger partial charge in [0.1, 0.15) is 6.54 Å². The summed E-state index contributed by atoms with van der Waals surface area (Å²) in [6.45, 7) is 8.25. The van der Waals surface area contributed by atoms with Crippen LogP contribution in [0.15, 0.2) is 51.7 Å². The third kappa shape index (κ3) is 6.67. The molecule has 1 aliphatic heterocycles. The summed E-state index contributed by atoms with van der Waals surface area (Å²) in [5, 5.41) is 16.2. The third-order valence-corrected chi connectivity index (χ3v) is 6.58. The lowest BCUT2D eigenvalue weighted by Gasteiger charge is -2.31. The second kappa shape index (κ2) is 12.1. The molecule has 0 bridgehead atoms. The van der Waals surface area contributed by atoms with Gasteiger partial charge in [0.15, 0.2) is 0 Å². The van der Waals surface area contributed by atoms with Gasteiger partial charge in [-0.3, -0.25) is 14.6 Å². The second-order valence-corrected chi connectivity index (χ2v) is 9.73. The number of nitrogens with one attached hydrogen (secondary N) is 3. The minimum atomic E-state index is -0.636. The van der Waals surface area contributed by atoms with E-state index in [4.69, 9.17) is 4.42 Å². The van der Waals surface area contributed by atoms with Crippen molar-refractivity contribution in [2.24, 2.45) is 0 Å². The largest absolute Gasteiger partial charge is 0.434 e. The maximum absolute atomic E-state index is 13.3. The predicted molar refractivity (Wildman–Crippen MR) is 144 cm³/mol. The predicted octanol–water partition coefficient (Wildman–Crippen LogP) is 1.97. The van der Waals surface area contributed by atoms with Crippen LogP contribution in [0.5, 0.6) is 0 Å². The number of aromatic nitrogens is 2. The molecule has 202 valence electrons. The van der Waals surface area contributed by atoms with E-state index in [1.807, 2.05) is 44.0 Å². The average Bonchev–Trinajstić information content (AvgIpc) is 3.53. The molecule has 1 aliphatic rings. The lowest BCUT2D eigenvalue weighted by Crippen LogP contribution is -2.49. The maximum Gasteiger partial charge on any atom is 0.434 e. The first-order valence-corrected chi connectivity index (χ1v) is 12.7. The number of amides is 2. The van der Waals surface area contributed by atoms with Crippen molar-refractivity contribution in [3.63, 3.8) is 0 Å². The van der Waals surface area contributed by atoms with E-state index in [9.17, 15) is 14.4 Å². The summed E-state index contributed by atoms with van der Waals surface area (Å²) in [4.78, 5) is 39.4. The summed E-state index contributed by atoms with van der Waals surface area (Å²) in [6, 6.07) is 13.8. The molecule has 0 atom stereocenters. The lowest BCUT2D eigenvalue weighted by atomic mass is 10.1. The number of hydrazine groups is 1. The van der Waals surface area contributed by atoms with E-state index < -0.39 is 5.76 Å². The second-order valence-electron chi connectivity index (χ2n) is 9.73. The number of carbonyl (C=O) groups excluding carboxylic acids is 2. The summed E-state index contributed by atoms with van der Waals surface area (Å²) in [7, 11) is 1.75. The van der Waals surface area contributed by atoms with E-state index in [-0.39, 0.29) is 36.8 Å². The first-order valence-electron chi connectivity index (χ1n) is 12.7. The molecular weight excluding hydrogens is 486 g/mol. The highest BCUT2D eigenvalue weighted by molar-refractivity contribution is 5.87. The summed E-state index contributed by atoms with van der Waals surface area (Å²) in [5.74, 6) is -0.813. The van der Waals surface area contributed by atoms with Crippen molar-refractivity contribution in [2.75, 3.05) is 38.5 Å². The Morgan fingerprint density at radius 2 is 1.84 bits per heavy atom. The molecule has 0 radical (unpaired) electrons. The van der Waals surface area contributed by atoms with Crippen molar-refractivity contribution < 1.29 is 14.0 Å². The van der Waals surface area contributed by atoms with Crippen LogP contribution in [0.4, 0.5) is 5.69 Å². The summed E-state index contributed by atoms with van der Waals surface area (Å²) in [6.07, 6.45) is 0. The number of carbonyl (C=O) groups is 2. The molecule has 3 aromatic rings. The number of H-pyrrole nitrogens is 1. The summed E-state index contributed by atoms with van der Waals surface area (Å²) >= 11 is 0. The van der Waals surface area contributed by atoms with Gasteiger partial charge in [-0.15, -0.1) is 5.10 Å². The van der Waals surface area contributed by atoms with Gasteiger partial charge in [0.25, 0.3) is 5.91 Å². The highest BCUT2D eigenvalue weighted by Gasteiger charge is 2.27. The topological polar surface area (TPSA) is 127 Å². The quantitative estimate of drug-likeness (QED) is 0.350. The van der Waals surface area contributed by atoms with Crippen LogP contribution in [0.1, 0.15) is 30.5 Å². The number of anilines is 1. The molecule has 11 heteroatoms. The van der Waals surface area contributed by atoms with E-state index in [1.165, 1.54) is 11.1 Å². The SMILES string of the molecule is Cc1ccc(-c2n[nH]c(=O)o2)cc1NCC(=O)N(CCNC(C)C)CC(=O)N(C)N1Cc2ccccc2C1. The van der Waals surface area contributed by atoms with Gasteiger partial charge in [-0.05, 0) is 35.7 Å². The number of aryl methyl sites for hydroxylation is 1. The molecular formula is C27H35N7O4. The zero-order valence-electron chi connectivity index (χ0n) is 22.3. The van der Waals surface area contributed by atoms with Crippen molar-refractivity contribution >= 4 is 17.5 Å². The summed E-state index contributed by atoms with van der Waals surface area (Å²) in [5.41, 5.74) is 4.64. The number of hydrogen-bond donors (Lipinski definition) is 3. The normalized spacial score (nSPS) is 13.0. The number of likely N-dealkylation sites (N-methyl/N-ethyl adjacent to an activating group) is 1. The number of fused-ring (bicyclic) bond motifs is 1. The van der Waals surface area contributed by atoms with Crippen LogP contribution in [0.25, 0.3) is 11.5 Å². The van der Waals surface area contributed by atoms with E-state index in [2.05, 4.69) is 33.0 Å². The van der Waals surface area contributed by atoms with Crippen LogP contribution in [0.2, 0.25) is 0 Å². The number of aromatic amines is 1. The molecule has 11 nitrogen and oxygen atoms in total. The van der Waals surface area contributed by atoms with Gasteiger partial charge in [-0.1, -0.05) is 44.2 Å². The van der Waals surface area contributed by atoms with Crippen molar-refractivity contribution in [3.8, 4) is 11.5 Å². The molecule has 0 saturated heterocycles. The van der Waals surface area contributed by atoms with Crippen LogP contribution in [-0.4, -0.2) is 76.2 Å². The molecule has 1 aromatic heterocycles. The smallest absolute Gasteiger partial charge is 0.388 e. The first kappa shape index (κ1) is 27.1. The fourth-order valence-corrected chi connectivity index (χ4v) is 4.31. The highest BCUT2D eigenvalue weighted by Crippen LogP contribution is 2.24. The van der Waals surface area contributed by atoms with Gasteiger partial charge >= 0.3 is 5.76 Å². The van der Waals surface area contributed by atoms with E-state index >= 15 is 0 Å². The third-order valence-electron chi connectivity index (χ3n) is 6.58. The van der Waals surface area contributed by atoms with Crippen LogP contribution in [-0.2, 0) is 22.7 Å². The Morgan fingerprint density at radius 1 is 1.13 bits per heavy atom. The van der Waals surface area contributed by atoms with Crippen LogP contribution >= 0.6 is 0 Å². The number of nitrogens with zero attached hydrogens (tertiary/aromatic N) is 4. The molecule has 3 N–H and O–H groups in total. The molecule has 0 aliphatic carbocycles. The Morgan fingerprint density at radius 3 is 2.47 bits per heavy atom. The van der Waals surface area contributed by atoms with Gasteiger partial charge in [0.05, 0.1) is 6.54 Å². The Kier molecular flexibility index (Phi) is 8.59. The van der Waals surface area contributed by atoms with Gasteiger partial charge < -0.3 is 20.0 Å². The number of hydrogen-bond acceptors (Lipinski definition) is 8. The van der Waals surface area contributed by atoms with Gasteiger partial charge in [0, 0.05) is 50.5 Å². The minimum Gasteiger partial charge on any atom is -0.388 e. The monoisotopic (exact) mass is 521 g/mol. The summed E-state index contributed by atoms with van der Waals surface area (Å²) < 4.78 is 5.04. The molecule has 0 unspecified atom stereocenters. The first-order chi connectivity index (χ1) is 18.2. The van der Waals surface area contributed by atoms with Crippen molar-refractivity contribution in [1.82, 2.24) is 30.4 Å². The van der Waals surface area contributed by atoms with Gasteiger partial charge in [-0.2, -0.15) is 0 Å². The van der Waals surface area contributed by atoms with Crippen LogP contribution in [0, 0.1) is 6.92 Å². The highest BCUT2D eigenvalue weighted by atomic mass is 16.4. The van der Waals surface area contributed by atoms with E-state index in [0.29, 0.717) is 37.4 Å². The molecule has 0 saturated carbocycles. The molecule has 2 heterocycles. The van der Waals surface area contributed by atoms with E-state index in [1.54, 1.807) is 29.1 Å². The molecule has 2 aromatic carbocycles. The molecule has 4 rings (SSSR count). The number of benzene rings is 2. The fraction of sp³-hybridized carbons (Fsp3) is 0.407. The Balaban J connectivity index is 1.40.